The molecule has 2 aromatic carbocycles. The zero-order chi connectivity index (χ0) is 18.1. The van der Waals surface area contributed by atoms with Gasteiger partial charge in [0.05, 0.1) is 27.5 Å². The van der Waals surface area contributed by atoms with Crippen molar-refractivity contribution in [2.24, 2.45) is 5.16 Å². The Morgan fingerprint density at radius 3 is 2.52 bits per heavy atom. The zero-order valence-electron chi connectivity index (χ0n) is 14.3. The Bertz CT molecular complexity index is 746. The van der Waals surface area contributed by atoms with Crippen LogP contribution < -0.4 is 19.5 Å². The molecule has 0 fully saturated rings. The number of hydrogen-bond acceptors (Lipinski definition) is 6. The van der Waals surface area contributed by atoms with Gasteiger partial charge < -0.3 is 24.4 Å². The van der Waals surface area contributed by atoms with Crippen LogP contribution in [0.2, 0.25) is 0 Å². The first kappa shape index (κ1) is 18.1. The van der Waals surface area contributed by atoms with E-state index in [-0.39, 0.29) is 12.5 Å². The first-order valence-corrected chi connectivity index (χ1v) is 7.47. The molecular formula is C18H20N2O5. The molecule has 0 aliphatic carbocycles. The first-order chi connectivity index (χ1) is 12.2. The van der Waals surface area contributed by atoms with Crippen LogP contribution in [0.4, 0.5) is 5.69 Å². The van der Waals surface area contributed by atoms with Crippen molar-refractivity contribution in [3.63, 3.8) is 0 Å². The summed E-state index contributed by atoms with van der Waals surface area (Å²) in [4.78, 5) is 16.9. The lowest BCUT2D eigenvalue weighted by Gasteiger charge is -2.07. The molecule has 0 saturated carbocycles. The van der Waals surface area contributed by atoms with E-state index in [1.54, 1.807) is 63.8 Å². The second kappa shape index (κ2) is 9.17. The Labute approximate surface area is 146 Å². The molecule has 0 atom stereocenters. The van der Waals surface area contributed by atoms with Crippen LogP contribution in [-0.4, -0.2) is 40.1 Å². The molecule has 0 aromatic heterocycles. The molecule has 0 radical (unpaired) electrons. The largest absolute Gasteiger partial charge is 0.497 e. The Morgan fingerprint density at radius 1 is 1.04 bits per heavy atom. The summed E-state index contributed by atoms with van der Waals surface area (Å²) in [6, 6.07) is 12.3. The summed E-state index contributed by atoms with van der Waals surface area (Å²) in [5.74, 6) is 1.61. The normalized spacial score (nSPS) is 10.4. The Hall–Kier alpha value is -3.22. The van der Waals surface area contributed by atoms with Crippen LogP contribution in [0.15, 0.2) is 47.6 Å². The van der Waals surface area contributed by atoms with E-state index in [0.29, 0.717) is 28.5 Å². The molecule has 0 saturated heterocycles. The van der Waals surface area contributed by atoms with E-state index in [1.165, 1.54) is 6.21 Å². The highest BCUT2D eigenvalue weighted by Gasteiger charge is 2.05. The van der Waals surface area contributed by atoms with Crippen molar-refractivity contribution in [3.8, 4) is 17.2 Å². The van der Waals surface area contributed by atoms with Crippen molar-refractivity contribution in [2.45, 2.75) is 0 Å². The van der Waals surface area contributed by atoms with Crippen molar-refractivity contribution in [1.29, 1.82) is 0 Å². The van der Waals surface area contributed by atoms with Gasteiger partial charge >= 0.3 is 0 Å². The standard InChI is InChI=1S/C18H20N2O5/c1-22-15-6-4-5-14(10-15)20-18(21)12-25-19-11-13-9-16(23-2)7-8-17(13)24-3/h4-11H,12H2,1-3H3,(H,20,21)/b19-11-. The van der Waals surface area contributed by atoms with Gasteiger partial charge in [-0.3, -0.25) is 4.79 Å². The zero-order valence-corrected chi connectivity index (χ0v) is 14.3. The molecular weight excluding hydrogens is 324 g/mol. The molecule has 7 heteroatoms. The summed E-state index contributed by atoms with van der Waals surface area (Å²) in [5.41, 5.74) is 1.29. The van der Waals surface area contributed by atoms with Gasteiger partial charge in [-0.25, -0.2) is 0 Å². The van der Waals surface area contributed by atoms with Crippen molar-refractivity contribution in [3.05, 3.63) is 48.0 Å². The number of hydrogen-bond donors (Lipinski definition) is 1. The maximum Gasteiger partial charge on any atom is 0.265 e. The van der Waals surface area contributed by atoms with Gasteiger partial charge in [0, 0.05) is 17.3 Å². The third-order valence-electron chi connectivity index (χ3n) is 3.25. The average Bonchev–Trinajstić information content (AvgIpc) is 2.65. The number of rotatable bonds is 8. The van der Waals surface area contributed by atoms with Crippen molar-refractivity contribution in [1.82, 2.24) is 0 Å². The number of nitrogens with one attached hydrogen (secondary N) is 1. The second-order valence-electron chi connectivity index (χ2n) is 4.90. The van der Waals surface area contributed by atoms with E-state index in [1.807, 2.05) is 0 Å². The molecule has 2 rings (SSSR count). The molecule has 1 N–H and O–H groups in total. The summed E-state index contributed by atoms with van der Waals surface area (Å²) in [6.07, 6.45) is 1.46. The van der Waals surface area contributed by atoms with Crippen molar-refractivity contribution < 1.29 is 23.8 Å². The van der Waals surface area contributed by atoms with E-state index in [4.69, 9.17) is 19.0 Å². The number of methoxy groups -OCH3 is 3. The predicted molar refractivity (Wildman–Crippen MR) is 94.7 cm³/mol. The average molecular weight is 344 g/mol. The number of nitrogens with zero attached hydrogens (tertiary/aromatic N) is 1. The minimum Gasteiger partial charge on any atom is -0.497 e. The molecule has 1 amide bonds. The van der Waals surface area contributed by atoms with Crippen LogP contribution in [0.25, 0.3) is 0 Å². The van der Waals surface area contributed by atoms with Crippen LogP contribution in [0.5, 0.6) is 17.2 Å². The molecule has 7 nitrogen and oxygen atoms in total. The maximum atomic E-state index is 11.9. The van der Waals surface area contributed by atoms with Gasteiger partial charge in [-0.05, 0) is 30.3 Å². The van der Waals surface area contributed by atoms with E-state index in [0.717, 1.165) is 0 Å². The molecule has 132 valence electrons. The van der Waals surface area contributed by atoms with Crippen LogP contribution in [-0.2, 0) is 9.63 Å². The van der Waals surface area contributed by atoms with Crippen molar-refractivity contribution >= 4 is 17.8 Å². The van der Waals surface area contributed by atoms with E-state index in [2.05, 4.69) is 10.5 Å². The number of amides is 1. The van der Waals surface area contributed by atoms with Gasteiger partial charge in [-0.15, -0.1) is 0 Å². The molecule has 2 aromatic rings. The maximum absolute atomic E-state index is 11.9. The van der Waals surface area contributed by atoms with Crippen LogP contribution >= 0.6 is 0 Å². The van der Waals surface area contributed by atoms with Crippen LogP contribution in [0.1, 0.15) is 5.56 Å². The van der Waals surface area contributed by atoms with Crippen LogP contribution in [0, 0.1) is 0 Å². The predicted octanol–water partition coefficient (Wildman–Crippen LogP) is 2.70. The summed E-state index contributed by atoms with van der Waals surface area (Å²) >= 11 is 0. The molecule has 0 aliphatic rings. The minimum atomic E-state index is -0.331. The summed E-state index contributed by atoms with van der Waals surface area (Å²) in [7, 11) is 4.69. The number of benzene rings is 2. The minimum absolute atomic E-state index is 0.222. The fourth-order valence-corrected chi connectivity index (χ4v) is 2.03. The SMILES string of the molecule is COc1cccc(NC(=O)CO/N=C\c2cc(OC)ccc2OC)c1. The number of oxime groups is 1. The van der Waals surface area contributed by atoms with E-state index < -0.39 is 0 Å². The molecule has 0 heterocycles. The highest BCUT2D eigenvalue weighted by atomic mass is 16.6. The molecule has 0 unspecified atom stereocenters. The van der Waals surface area contributed by atoms with Crippen molar-refractivity contribution in [2.75, 3.05) is 33.3 Å². The van der Waals surface area contributed by atoms with Gasteiger partial charge in [0.15, 0.2) is 6.61 Å². The van der Waals surface area contributed by atoms with E-state index in [9.17, 15) is 4.79 Å². The molecule has 25 heavy (non-hydrogen) atoms. The summed E-state index contributed by atoms with van der Waals surface area (Å²) in [5, 5.41) is 6.49. The van der Waals surface area contributed by atoms with Crippen LogP contribution in [0.3, 0.4) is 0 Å². The van der Waals surface area contributed by atoms with E-state index >= 15 is 0 Å². The highest BCUT2D eigenvalue weighted by molar-refractivity contribution is 5.92. The quantitative estimate of drug-likeness (QED) is 0.588. The highest BCUT2D eigenvalue weighted by Crippen LogP contribution is 2.22. The lowest BCUT2D eigenvalue weighted by Crippen LogP contribution is -2.16. The lowest BCUT2D eigenvalue weighted by atomic mass is 10.2. The molecule has 0 spiro atoms. The van der Waals surface area contributed by atoms with Gasteiger partial charge in [0.1, 0.15) is 17.2 Å². The Kier molecular flexibility index (Phi) is 6.65. The number of carbonyl (C=O) groups excluding carboxylic acids is 1. The summed E-state index contributed by atoms with van der Waals surface area (Å²) in [6.45, 7) is -0.222. The monoisotopic (exact) mass is 344 g/mol. The number of carbonyl (C=O) groups is 1. The smallest absolute Gasteiger partial charge is 0.265 e. The molecule has 0 aliphatic heterocycles. The molecule has 0 bridgehead atoms. The van der Waals surface area contributed by atoms with Gasteiger partial charge in [-0.1, -0.05) is 11.2 Å². The second-order valence-corrected chi connectivity index (χ2v) is 4.90. The van der Waals surface area contributed by atoms with Gasteiger partial charge in [-0.2, -0.15) is 0 Å². The fraction of sp³-hybridized carbons (Fsp3) is 0.222. The lowest BCUT2D eigenvalue weighted by molar-refractivity contribution is -0.120. The Balaban J connectivity index is 1.89. The van der Waals surface area contributed by atoms with Gasteiger partial charge in [0.2, 0.25) is 0 Å². The third kappa shape index (κ3) is 5.42. The third-order valence-corrected chi connectivity index (χ3v) is 3.25. The topological polar surface area (TPSA) is 78.4 Å². The van der Waals surface area contributed by atoms with Gasteiger partial charge in [0.25, 0.3) is 5.91 Å². The number of anilines is 1. The first-order valence-electron chi connectivity index (χ1n) is 7.47. The Morgan fingerprint density at radius 2 is 1.80 bits per heavy atom. The number of ether oxygens (including phenoxy) is 3. The fourth-order valence-electron chi connectivity index (χ4n) is 2.03. The summed E-state index contributed by atoms with van der Waals surface area (Å²) < 4.78 is 15.5.